The molecule has 0 bridgehead atoms. The average molecular weight is 987 g/mol. The largest absolute Gasteiger partial charge is 0.308 e. The molecule has 2 heterocycles. The molecule has 366 valence electrons. The van der Waals surface area contributed by atoms with Crippen LogP contribution in [0.5, 0.6) is 0 Å². The molecule has 0 aliphatic rings. The predicted molar refractivity (Wildman–Crippen MR) is 322 cm³/mol. The van der Waals surface area contributed by atoms with Crippen LogP contribution in [0.2, 0.25) is 0 Å². The molecule has 13 rings (SSSR count). The van der Waals surface area contributed by atoms with Gasteiger partial charge in [-0.15, -0.1) is 0 Å². The van der Waals surface area contributed by atoms with Crippen LogP contribution in [0.1, 0.15) is 26.3 Å². The fourth-order valence-corrected chi connectivity index (χ4v) is 10.9. The minimum Gasteiger partial charge on any atom is -0.308 e. The van der Waals surface area contributed by atoms with Crippen LogP contribution in [-0.2, 0) is 5.41 Å². The van der Waals surface area contributed by atoms with Crippen molar-refractivity contribution in [2.75, 3.05) is 0 Å². The van der Waals surface area contributed by atoms with E-state index in [4.69, 9.17) is 15.0 Å². The Balaban J connectivity index is 1.17. The number of aromatic nitrogens is 4. The van der Waals surface area contributed by atoms with E-state index in [1.54, 1.807) is 0 Å². The molecule has 0 atom stereocenters. The van der Waals surface area contributed by atoms with Crippen molar-refractivity contribution in [1.82, 2.24) is 19.5 Å². The van der Waals surface area contributed by atoms with E-state index in [0.717, 1.165) is 61.3 Å². The first kappa shape index (κ1) is 47.0. The fraction of sp³-hybridized carbons (Fsp3) is 0.0548. The molecule has 0 aliphatic carbocycles. The van der Waals surface area contributed by atoms with Gasteiger partial charge in [-0.1, -0.05) is 257 Å². The van der Waals surface area contributed by atoms with Crippen LogP contribution < -0.4 is 0 Å². The van der Waals surface area contributed by atoms with Gasteiger partial charge in [-0.25, -0.2) is 15.0 Å². The third-order valence-corrected chi connectivity index (χ3v) is 14.8. The van der Waals surface area contributed by atoms with E-state index in [1.165, 1.54) is 55.2 Å². The monoisotopic (exact) mass is 986 g/mol. The van der Waals surface area contributed by atoms with Crippen LogP contribution in [0.3, 0.4) is 0 Å². The Labute approximate surface area is 450 Å². The third kappa shape index (κ3) is 9.11. The summed E-state index contributed by atoms with van der Waals surface area (Å²) in [6.07, 6.45) is 0. The molecule has 2 aromatic heterocycles. The smallest absolute Gasteiger partial charge is 0.164 e. The standard InChI is InChI=1S/C73H54N4/c1-73(2,3)66-48-60(52-28-16-7-17-29-52)45-65-64-44-59(51-26-14-6-15-27-51)42-43-67(64)77(69(65)66)68-62(55-38-34-53(35-39-55)49-22-10-4-11-23-49)46-61(47-63(68)56-40-36-54(37-41-56)50-24-12-5-13-25-50)72-75-70(57-30-18-8-19-31-57)74-71(76-72)58-32-20-9-21-33-58/h4-48H,1-3H3. The van der Waals surface area contributed by atoms with Gasteiger partial charge in [0.05, 0.1) is 16.7 Å². The van der Waals surface area contributed by atoms with Gasteiger partial charge in [0.15, 0.2) is 17.5 Å². The van der Waals surface area contributed by atoms with Gasteiger partial charge in [0.1, 0.15) is 0 Å². The highest BCUT2D eigenvalue weighted by Crippen LogP contribution is 2.48. The number of hydrogen-bond acceptors (Lipinski definition) is 3. The van der Waals surface area contributed by atoms with Gasteiger partial charge < -0.3 is 4.57 Å². The SMILES string of the molecule is CC(C)(C)c1cc(-c2ccccc2)cc2c3cc(-c4ccccc4)ccc3n(-c3c(-c4ccc(-c5ccccc5)cc4)cc(-c4nc(-c5ccccc5)nc(-c5ccccc5)n4)cc3-c3ccc(-c4ccccc4)cc3)c12. The third-order valence-electron chi connectivity index (χ3n) is 14.8. The van der Waals surface area contributed by atoms with Crippen LogP contribution >= 0.6 is 0 Å². The topological polar surface area (TPSA) is 43.6 Å². The molecule has 13 aromatic rings. The lowest BCUT2D eigenvalue weighted by molar-refractivity contribution is 0.594. The molecule has 0 radical (unpaired) electrons. The number of benzene rings is 11. The number of rotatable bonds is 10. The first-order chi connectivity index (χ1) is 37.8. The summed E-state index contributed by atoms with van der Waals surface area (Å²) >= 11 is 0. The summed E-state index contributed by atoms with van der Waals surface area (Å²) in [4.78, 5) is 15.9. The molecule has 0 saturated heterocycles. The van der Waals surface area contributed by atoms with E-state index in [9.17, 15) is 0 Å². The normalized spacial score (nSPS) is 11.6. The zero-order valence-corrected chi connectivity index (χ0v) is 43.3. The van der Waals surface area contributed by atoms with Crippen molar-refractivity contribution < 1.29 is 0 Å². The Morgan fingerprint density at radius 2 is 0.597 bits per heavy atom. The zero-order valence-electron chi connectivity index (χ0n) is 43.3. The van der Waals surface area contributed by atoms with Gasteiger partial charge in [0.25, 0.3) is 0 Å². The summed E-state index contributed by atoms with van der Waals surface area (Å²) in [5, 5.41) is 2.38. The molecule has 0 spiro atoms. The Morgan fingerprint density at radius 1 is 0.273 bits per heavy atom. The maximum absolute atomic E-state index is 5.36. The van der Waals surface area contributed by atoms with Crippen molar-refractivity contribution in [3.05, 3.63) is 279 Å². The highest BCUT2D eigenvalue weighted by atomic mass is 15.0. The quantitative estimate of drug-likeness (QED) is 0.137. The highest BCUT2D eigenvalue weighted by molar-refractivity contribution is 6.14. The van der Waals surface area contributed by atoms with Crippen molar-refractivity contribution in [2.45, 2.75) is 26.2 Å². The van der Waals surface area contributed by atoms with Gasteiger partial charge >= 0.3 is 0 Å². The maximum atomic E-state index is 5.36. The first-order valence-electron chi connectivity index (χ1n) is 26.4. The van der Waals surface area contributed by atoms with Gasteiger partial charge in [-0.2, -0.15) is 0 Å². The predicted octanol–water partition coefficient (Wildman–Crippen LogP) is 19.3. The van der Waals surface area contributed by atoms with Crippen molar-refractivity contribution >= 4 is 21.8 Å². The lowest BCUT2D eigenvalue weighted by Crippen LogP contribution is -2.14. The lowest BCUT2D eigenvalue weighted by Gasteiger charge is -2.26. The molecule has 0 unspecified atom stereocenters. The van der Waals surface area contributed by atoms with Crippen LogP contribution in [0, 0.1) is 0 Å². The summed E-state index contributed by atoms with van der Waals surface area (Å²) < 4.78 is 2.58. The minimum atomic E-state index is -0.265. The van der Waals surface area contributed by atoms with Crippen LogP contribution in [0.15, 0.2) is 273 Å². The minimum absolute atomic E-state index is 0.265. The van der Waals surface area contributed by atoms with Crippen molar-refractivity contribution in [2.24, 2.45) is 0 Å². The summed E-state index contributed by atoms with van der Waals surface area (Å²) in [6.45, 7) is 7.04. The summed E-state index contributed by atoms with van der Waals surface area (Å²) in [5.41, 5.74) is 20.6. The molecular formula is C73H54N4. The van der Waals surface area contributed by atoms with Gasteiger partial charge in [0.2, 0.25) is 0 Å². The van der Waals surface area contributed by atoms with Crippen LogP contribution in [0.4, 0.5) is 0 Å². The molecule has 4 nitrogen and oxygen atoms in total. The average Bonchev–Trinajstić information content (AvgIpc) is 4.02. The van der Waals surface area contributed by atoms with Crippen LogP contribution in [0.25, 0.3) is 128 Å². The Morgan fingerprint density at radius 3 is 1.01 bits per heavy atom. The Kier molecular flexibility index (Phi) is 12.1. The maximum Gasteiger partial charge on any atom is 0.164 e. The second kappa shape index (κ2) is 19.8. The number of fused-ring (bicyclic) bond motifs is 3. The van der Waals surface area contributed by atoms with E-state index in [0.29, 0.717) is 17.5 Å². The lowest BCUT2D eigenvalue weighted by atomic mass is 9.83. The van der Waals surface area contributed by atoms with Gasteiger partial charge in [-0.3, -0.25) is 0 Å². The fourth-order valence-electron chi connectivity index (χ4n) is 10.9. The van der Waals surface area contributed by atoms with E-state index in [2.05, 4.69) is 262 Å². The first-order valence-corrected chi connectivity index (χ1v) is 26.4. The molecule has 0 aliphatic heterocycles. The van der Waals surface area contributed by atoms with E-state index >= 15 is 0 Å². The molecule has 11 aromatic carbocycles. The van der Waals surface area contributed by atoms with E-state index in [-0.39, 0.29) is 5.41 Å². The molecule has 0 fully saturated rings. The molecule has 0 saturated carbocycles. The van der Waals surface area contributed by atoms with Crippen LogP contribution in [-0.4, -0.2) is 19.5 Å². The second-order valence-electron chi connectivity index (χ2n) is 20.8. The molecule has 0 N–H and O–H groups in total. The molecule has 4 heteroatoms. The summed E-state index contributed by atoms with van der Waals surface area (Å²) in [6, 6.07) is 97.9. The number of hydrogen-bond donors (Lipinski definition) is 0. The van der Waals surface area contributed by atoms with Crippen molar-refractivity contribution in [1.29, 1.82) is 0 Å². The Bertz CT molecular complexity index is 4060. The van der Waals surface area contributed by atoms with E-state index < -0.39 is 0 Å². The summed E-state index contributed by atoms with van der Waals surface area (Å²) in [5.74, 6) is 1.81. The summed E-state index contributed by atoms with van der Waals surface area (Å²) in [7, 11) is 0. The molecule has 77 heavy (non-hydrogen) atoms. The Hall–Kier alpha value is -9.77. The van der Waals surface area contributed by atoms with Crippen molar-refractivity contribution in [3.63, 3.8) is 0 Å². The number of nitrogens with zero attached hydrogens (tertiary/aromatic N) is 4. The van der Waals surface area contributed by atoms with E-state index in [1.807, 2.05) is 36.4 Å². The van der Waals surface area contributed by atoms with Gasteiger partial charge in [-0.05, 0) is 103 Å². The highest BCUT2D eigenvalue weighted by Gasteiger charge is 2.28. The molecular weight excluding hydrogens is 933 g/mol. The molecule has 0 amide bonds. The second-order valence-corrected chi connectivity index (χ2v) is 20.8. The van der Waals surface area contributed by atoms with Gasteiger partial charge in [0, 0.05) is 38.6 Å². The van der Waals surface area contributed by atoms with Crippen molar-refractivity contribution in [3.8, 4) is 107 Å². The zero-order chi connectivity index (χ0) is 51.9.